The first-order valence-electron chi connectivity index (χ1n) is 6.32. The summed E-state index contributed by atoms with van der Waals surface area (Å²) in [6.07, 6.45) is 4.28. The fourth-order valence-electron chi connectivity index (χ4n) is 1.80. The predicted molar refractivity (Wildman–Crippen MR) is 70.6 cm³/mol. The van der Waals surface area contributed by atoms with Crippen molar-refractivity contribution in [2.45, 2.75) is 46.0 Å². The summed E-state index contributed by atoms with van der Waals surface area (Å²) in [4.78, 5) is 11.6. The monoisotopic (exact) mass is 234 g/mol. The van der Waals surface area contributed by atoms with Gasteiger partial charge in [-0.15, -0.1) is 0 Å². The quantitative estimate of drug-likeness (QED) is 0.719. The number of ether oxygens (including phenoxy) is 1. The number of ketones is 1. The van der Waals surface area contributed by atoms with Crippen molar-refractivity contribution in [1.29, 1.82) is 0 Å². The Kier molecular flexibility index (Phi) is 5.75. The van der Waals surface area contributed by atoms with Gasteiger partial charge in [-0.2, -0.15) is 0 Å². The van der Waals surface area contributed by atoms with Crippen molar-refractivity contribution < 1.29 is 9.53 Å². The summed E-state index contributed by atoms with van der Waals surface area (Å²) in [5.74, 6) is 1.27. The predicted octanol–water partition coefficient (Wildman–Crippen LogP) is 3.70. The van der Waals surface area contributed by atoms with E-state index in [0.29, 0.717) is 12.2 Å². The lowest BCUT2D eigenvalue weighted by Gasteiger charge is -2.07. The molecule has 17 heavy (non-hydrogen) atoms. The molecule has 2 nitrogen and oxygen atoms in total. The van der Waals surface area contributed by atoms with E-state index in [1.54, 1.807) is 7.11 Å². The molecule has 0 fully saturated rings. The van der Waals surface area contributed by atoms with Crippen LogP contribution < -0.4 is 4.74 Å². The number of aryl methyl sites for hydroxylation is 2. The number of Topliss-reactive ketones (excluding diaryl/α,β-unsaturated/α-hetero) is 1. The number of unbranched alkanes of at least 4 members (excludes halogenated alkanes) is 1. The van der Waals surface area contributed by atoms with Gasteiger partial charge in [-0.05, 0) is 37.0 Å². The van der Waals surface area contributed by atoms with E-state index >= 15 is 0 Å². The second-order valence-electron chi connectivity index (χ2n) is 4.45. The minimum Gasteiger partial charge on any atom is -0.496 e. The molecule has 0 saturated heterocycles. The Labute approximate surface area is 104 Å². The highest BCUT2D eigenvalue weighted by molar-refractivity contribution is 5.78. The number of benzene rings is 1. The van der Waals surface area contributed by atoms with E-state index in [9.17, 15) is 4.79 Å². The first-order valence-corrected chi connectivity index (χ1v) is 6.32. The first kappa shape index (κ1) is 13.8. The standard InChI is InChI=1S/C15H22O2/c1-4-5-6-14(16)10-9-13-8-7-12(2)15(11-13)17-3/h7-8,11H,4-6,9-10H2,1-3H3. The second-order valence-corrected chi connectivity index (χ2v) is 4.45. The fraction of sp³-hybridized carbons (Fsp3) is 0.533. The molecule has 0 unspecified atom stereocenters. The van der Waals surface area contributed by atoms with Crippen LogP contribution in [0.3, 0.4) is 0 Å². The lowest BCUT2D eigenvalue weighted by Crippen LogP contribution is -2.00. The van der Waals surface area contributed by atoms with Crippen molar-refractivity contribution in [3.05, 3.63) is 29.3 Å². The molecular formula is C15H22O2. The maximum atomic E-state index is 11.6. The van der Waals surface area contributed by atoms with Gasteiger partial charge in [0.15, 0.2) is 0 Å². The topological polar surface area (TPSA) is 26.3 Å². The molecule has 1 aromatic rings. The van der Waals surface area contributed by atoms with E-state index in [1.807, 2.05) is 19.1 Å². The Morgan fingerprint density at radius 2 is 2.06 bits per heavy atom. The van der Waals surface area contributed by atoms with Crippen molar-refractivity contribution >= 4 is 5.78 Å². The van der Waals surface area contributed by atoms with Gasteiger partial charge in [0.25, 0.3) is 0 Å². The molecule has 0 atom stereocenters. The van der Waals surface area contributed by atoms with Gasteiger partial charge in [-0.1, -0.05) is 25.5 Å². The van der Waals surface area contributed by atoms with Gasteiger partial charge in [-0.3, -0.25) is 4.79 Å². The van der Waals surface area contributed by atoms with Crippen LogP contribution >= 0.6 is 0 Å². The highest BCUT2D eigenvalue weighted by atomic mass is 16.5. The van der Waals surface area contributed by atoms with Gasteiger partial charge in [0, 0.05) is 12.8 Å². The van der Waals surface area contributed by atoms with Crippen LogP contribution in [0.1, 0.15) is 43.7 Å². The third-order valence-corrected chi connectivity index (χ3v) is 2.97. The normalized spacial score (nSPS) is 10.3. The third kappa shape index (κ3) is 4.59. The average Bonchev–Trinajstić information content (AvgIpc) is 2.35. The van der Waals surface area contributed by atoms with E-state index in [0.717, 1.165) is 37.0 Å². The molecule has 0 aliphatic carbocycles. The van der Waals surface area contributed by atoms with Crippen LogP contribution in [0.4, 0.5) is 0 Å². The highest BCUT2D eigenvalue weighted by Gasteiger charge is 2.04. The molecule has 0 aliphatic heterocycles. The maximum absolute atomic E-state index is 11.6. The number of carbonyl (C=O) groups is 1. The lowest BCUT2D eigenvalue weighted by atomic mass is 10.0. The molecule has 2 heteroatoms. The van der Waals surface area contributed by atoms with Crippen molar-refractivity contribution in [2.24, 2.45) is 0 Å². The molecule has 0 aromatic heterocycles. The van der Waals surface area contributed by atoms with Crippen molar-refractivity contribution in [3.8, 4) is 5.75 Å². The van der Waals surface area contributed by atoms with Gasteiger partial charge in [0.05, 0.1) is 7.11 Å². The Hall–Kier alpha value is -1.31. The Balaban J connectivity index is 2.49. The Morgan fingerprint density at radius 1 is 1.29 bits per heavy atom. The van der Waals surface area contributed by atoms with Gasteiger partial charge >= 0.3 is 0 Å². The van der Waals surface area contributed by atoms with E-state index in [2.05, 4.69) is 13.0 Å². The first-order chi connectivity index (χ1) is 8.17. The summed E-state index contributed by atoms with van der Waals surface area (Å²) < 4.78 is 5.27. The largest absolute Gasteiger partial charge is 0.496 e. The maximum Gasteiger partial charge on any atom is 0.133 e. The summed E-state index contributed by atoms with van der Waals surface area (Å²) >= 11 is 0. The van der Waals surface area contributed by atoms with E-state index in [-0.39, 0.29) is 0 Å². The second kappa shape index (κ2) is 7.10. The van der Waals surface area contributed by atoms with Crippen molar-refractivity contribution in [1.82, 2.24) is 0 Å². The molecule has 0 spiro atoms. The van der Waals surface area contributed by atoms with Crippen LogP contribution in [0, 0.1) is 6.92 Å². The third-order valence-electron chi connectivity index (χ3n) is 2.97. The zero-order chi connectivity index (χ0) is 12.7. The average molecular weight is 234 g/mol. The molecule has 0 N–H and O–H groups in total. The molecule has 94 valence electrons. The minimum atomic E-state index is 0.367. The molecule has 0 heterocycles. The molecular weight excluding hydrogens is 212 g/mol. The van der Waals surface area contributed by atoms with E-state index in [1.165, 1.54) is 5.56 Å². The molecule has 0 bridgehead atoms. The van der Waals surface area contributed by atoms with Crippen LogP contribution in [0.15, 0.2) is 18.2 Å². The van der Waals surface area contributed by atoms with Gasteiger partial charge in [0.2, 0.25) is 0 Å². The van der Waals surface area contributed by atoms with E-state index < -0.39 is 0 Å². The Bertz CT molecular complexity index is 369. The molecule has 1 rings (SSSR count). The van der Waals surface area contributed by atoms with Crippen molar-refractivity contribution in [2.75, 3.05) is 7.11 Å². The number of rotatable bonds is 7. The van der Waals surface area contributed by atoms with Crippen LogP contribution in [0.25, 0.3) is 0 Å². The zero-order valence-corrected chi connectivity index (χ0v) is 11.1. The molecule has 1 aromatic carbocycles. The molecule has 0 saturated carbocycles. The van der Waals surface area contributed by atoms with Gasteiger partial charge < -0.3 is 4.74 Å². The minimum absolute atomic E-state index is 0.367. The van der Waals surface area contributed by atoms with Crippen LogP contribution in [-0.2, 0) is 11.2 Å². The SMILES string of the molecule is CCCCC(=O)CCc1ccc(C)c(OC)c1. The van der Waals surface area contributed by atoms with Crippen LogP contribution in [-0.4, -0.2) is 12.9 Å². The molecule has 0 aliphatic rings. The summed E-state index contributed by atoms with van der Waals surface area (Å²) in [5, 5.41) is 0. The Morgan fingerprint density at radius 3 is 2.71 bits per heavy atom. The number of methoxy groups -OCH3 is 1. The van der Waals surface area contributed by atoms with Gasteiger partial charge in [-0.25, -0.2) is 0 Å². The molecule has 0 radical (unpaired) electrons. The van der Waals surface area contributed by atoms with Crippen molar-refractivity contribution in [3.63, 3.8) is 0 Å². The number of hydrogen-bond donors (Lipinski definition) is 0. The number of carbonyl (C=O) groups excluding carboxylic acids is 1. The smallest absolute Gasteiger partial charge is 0.133 e. The number of hydrogen-bond acceptors (Lipinski definition) is 2. The summed E-state index contributed by atoms with van der Waals surface area (Å²) in [6, 6.07) is 6.15. The van der Waals surface area contributed by atoms with Crippen LogP contribution in [0.5, 0.6) is 5.75 Å². The van der Waals surface area contributed by atoms with E-state index in [4.69, 9.17) is 4.74 Å². The summed E-state index contributed by atoms with van der Waals surface area (Å²) in [5.41, 5.74) is 2.31. The van der Waals surface area contributed by atoms with Gasteiger partial charge in [0.1, 0.15) is 11.5 Å². The van der Waals surface area contributed by atoms with Crippen LogP contribution in [0.2, 0.25) is 0 Å². The zero-order valence-electron chi connectivity index (χ0n) is 11.1. The summed E-state index contributed by atoms with van der Waals surface area (Å²) in [7, 11) is 1.68. The summed E-state index contributed by atoms with van der Waals surface area (Å²) in [6.45, 7) is 4.13. The fourth-order valence-corrected chi connectivity index (χ4v) is 1.80. The molecule has 0 amide bonds. The lowest BCUT2D eigenvalue weighted by molar-refractivity contribution is -0.119. The highest BCUT2D eigenvalue weighted by Crippen LogP contribution is 2.20.